The van der Waals surface area contributed by atoms with E-state index in [0.717, 1.165) is 38.8 Å². The minimum absolute atomic E-state index is 0.0187. The molecule has 2 saturated heterocycles. The van der Waals surface area contributed by atoms with E-state index < -0.39 is 0 Å². The maximum Gasteiger partial charge on any atom is 0.318 e. The highest BCUT2D eigenvalue weighted by molar-refractivity contribution is 5.84. The van der Waals surface area contributed by atoms with Crippen molar-refractivity contribution in [3.05, 3.63) is 0 Å². The smallest absolute Gasteiger partial charge is 0.318 e. The second-order valence-corrected chi connectivity index (χ2v) is 6.91. The number of urea groups is 1. The summed E-state index contributed by atoms with van der Waals surface area (Å²) in [6, 6.07) is 0.00948. The number of hydrogen-bond donors (Lipinski definition) is 2. The molecule has 2 heterocycles. The van der Waals surface area contributed by atoms with E-state index in [2.05, 4.69) is 10.6 Å². The quantitative estimate of drug-likeness (QED) is 0.824. The summed E-state index contributed by atoms with van der Waals surface area (Å²) in [5.74, 6) is -0.163. The summed E-state index contributed by atoms with van der Waals surface area (Å²) in [5.41, 5.74) is -0.282. The molecule has 2 aliphatic rings. The largest absolute Gasteiger partial charge is 0.376 e. The van der Waals surface area contributed by atoms with Crippen molar-refractivity contribution in [1.29, 1.82) is 0 Å². The fraction of sp³-hybridized carbons (Fsp3) is 0.867. The maximum atomic E-state index is 12.3. The third kappa shape index (κ3) is 4.59. The lowest BCUT2D eigenvalue weighted by Crippen LogP contribution is -2.51. The Labute approximate surface area is 126 Å². The van der Waals surface area contributed by atoms with Gasteiger partial charge >= 0.3 is 6.03 Å². The Balaban J connectivity index is 1.80. The van der Waals surface area contributed by atoms with Gasteiger partial charge in [-0.3, -0.25) is 4.79 Å². The third-order valence-corrected chi connectivity index (χ3v) is 3.87. The molecule has 6 heteroatoms. The second-order valence-electron chi connectivity index (χ2n) is 6.91. The zero-order chi connectivity index (χ0) is 15.5. The summed E-state index contributed by atoms with van der Waals surface area (Å²) in [5, 5.41) is 5.55. The van der Waals surface area contributed by atoms with E-state index in [1.165, 1.54) is 0 Å². The highest BCUT2D eigenvalue weighted by Crippen LogP contribution is 2.27. The predicted octanol–water partition coefficient (Wildman–Crippen LogP) is 1.25. The summed E-state index contributed by atoms with van der Waals surface area (Å²) in [7, 11) is 0. The normalized spacial score (nSPS) is 26.0. The molecule has 21 heavy (non-hydrogen) atoms. The number of carbonyl (C=O) groups excluding carboxylic acids is 2. The molecule has 120 valence electrons. The Morgan fingerprint density at radius 2 is 2.00 bits per heavy atom. The number of carbonyl (C=O) groups is 2. The van der Waals surface area contributed by atoms with Crippen LogP contribution in [0.25, 0.3) is 0 Å². The third-order valence-electron chi connectivity index (χ3n) is 3.87. The Kier molecular flexibility index (Phi) is 5.08. The van der Waals surface area contributed by atoms with Crippen LogP contribution in [0.4, 0.5) is 4.79 Å². The van der Waals surface area contributed by atoms with Crippen molar-refractivity contribution >= 4 is 11.9 Å². The van der Waals surface area contributed by atoms with Crippen molar-refractivity contribution < 1.29 is 14.3 Å². The number of likely N-dealkylation sites (tertiary alicyclic amines) is 1. The molecule has 0 spiro atoms. The van der Waals surface area contributed by atoms with Gasteiger partial charge in [-0.2, -0.15) is 0 Å². The fourth-order valence-electron chi connectivity index (χ4n) is 3.06. The number of hydrogen-bond acceptors (Lipinski definition) is 3. The van der Waals surface area contributed by atoms with Crippen molar-refractivity contribution in [1.82, 2.24) is 15.5 Å². The van der Waals surface area contributed by atoms with E-state index in [9.17, 15) is 9.59 Å². The number of nitrogens with one attached hydrogen (secondary N) is 2. The predicted molar refractivity (Wildman–Crippen MR) is 80.0 cm³/mol. The van der Waals surface area contributed by atoms with E-state index in [-0.39, 0.29) is 36.2 Å². The first-order valence-corrected chi connectivity index (χ1v) is 7.84. The topological polar surface area (TPSA) is 70.7 Å². The Hall–Kier alpha value is -1.30. The zero-order valence-electron chi connectivity index (χ0n) is 13.3. The summed E-state index contributed by atoms with van der Waals surface area (Å²) < 4.78 is 5.71. The lowest BCUT2D eigenvalue weighted by molar-refractivity contribution is -0.121. The molecule has 0 aromatic heterocycles. The SMILES string of the molecule is CC(C)(C)NC(=O)CNC(=O)N1CCC[C@H]1[C@H]1CCCO1. The molecule has 0 bridgehead atoms. The van der Waals surface area contributed by atoms with Crippen molar-refractivity contribution in [2.75, 3.05) is 19.7 Å². The van der Waals surface area contributed by atoms with Crippen LogP contribution in [0.1, 0.15) is 46.5 Å². The highest BCUT2D eigenvalue weighted by Gasteiger charge is 2.36. The van der Waals surface area contributed by atoms with Crippen LogP contribution < -0.4 is 10.6 Å². The highest BCUT2D eigenvalue weighted by atomic mass is 16.5. The van der Waals surface area contributed by atoms with Gasteiger partial charge in [-0.1, -0.05) is 0 Å². The van der Waals surface area contributed by atoms with E-state index in [4.69, 9.17) is 4.74 Å². The molecule has 2 atom stereocenters. The minimum atomic E-state index is -0.282. The summed E-state index contributed by atoms with van der Waals surface area (Å²) in [6.45, 7) is 7.31. The lowest BCUT2D eigenvalue weighted by atomic mass is 10.1. The van der Waals surface area contributed by atoms with Gasteiger partial charge in [-0.15, -0.1) is 0 Å². The molecule has 0 aromatic rings. The van der Waals surface area contributed by atoms with E-state index in [0.29, 0.717) is 0 Å². The van der Waals surface area contributed by atoms with Crippen LogP contribution in [0, 0.1) is 0 Å². The monoisotopic (exact) mass is 297 g/mol. The number of nitrogens with zero attached hydrogens (tertiary/aromatic N) is 1. The van der Waals surface area contributed by atoms with Crippen molar-refractivity contribution in [2.45, 2.75) is 64.1 Å². The van der Waals surface area contributed by atoms with E-state index >= 15 is 0 Å². The lowest BCUT2D eigenvalue weighted by Gasteiger charge is -2.29. The van der Waals surface area contributed by atoms with Crippen LogP contribution in [0.15, 0.2) is 0 Å². The first-order valence-electron chi connectivity index (χ1n) is 7.84. The van der Waals surface area contributed by atoms with Gasteiger partial charge in [0, 0.05) is 18.7 Å². The number of ether oxygens (including phenoxy) is 1. The van der Waals surface area contributed by atoms with Gasteiger partial charge in [-0.05, 0) is 46.5 Å². The first-order chi connectivity index (χ1) is 9.87. The Bertz CT molecular complexity index is 386. The fourth-order valence-corrected chi connectivity index (χ4v) is 3.06. The molecule has 0 radical (unpaired) electrons. The van der Waals surface area contributed by atoms with Crippen LogP contribution in [0.2, 0.25) is 0 Å². The standard InChI is InChI=1S/C15H27N3O3/c1-15(2,3)17-13(19)10-16-14(20)18-8-4-6-11(18)12-7-5-9-21-12/h11-12H,4-10H2,1-3H3,(H,16,20)(H,17,19)/t11-,12+/m0/s1. The summed E-state index contributed by atoms with van der Waals surface area (Å²) in [4.78, 5) is 25.8. The van der Waals surface area contributed by atoms with E-state index in [1.807, 2.05) is 25.7 Å². The number of rotatable bonds is 3. The van der Waals surface area contributed by atoms with Crippen LogP contribution >= 0.6 is 0 Å². The molecule has 2 rings (SSSR count). The molecule has 2 fully saturated rings. The average molecular weight is 297 g/mol. The maximum absolute atomic E-state index is 12.3. The second kappa shape index (κ2) is 6.64. The van der Waals surface area contributed by atoms with Gasteiger partial charge in [0.25, 0.3) is 0 Å². The van der Waals surface area contributed by atoms with Crippen LogP contribution in [0.3, 0.4) is 0 Å². The van der Waals surface area contributed by atoms with Gasteiger partial charge in [0.15, 0.2) is 0 Å². The van der Waals surface area contributed by atoms with Gasteiger partial charge in [-0.25, -0.2) is 4.79 Å². The van der Waals surface area contributed by atoms with Crippen molar-refractivity contribution in [3.8, 4) is 0 Å². The van der Waals surface area contributed by atoms with Crippen LogP contribution in [-0.4, -0.2) is 54.2 Å². The molecule has 2 N–H and O–H groups in total. The van der Waals surface area contributed by atoms with Crippen molar-refractivity contribution in [2.24, 2.45) is 0 Å². The number of amides is 3. The molecule has 0 aromatic carbocycles. The first kappa shape index (κ1) is 16.1. The van der Waals surface area contributed by atoms with Gasteiger partial charge < -0.3 is 20.3 Å². The summed E-state index contributed by atoms with van der Waals surface area (Å²) in [6.07, 6.45) is 4.27. The van der Waals surface area contributed by atoms with Crippen molar-refractivity contribution in [3.63, 3.8) is 0 Å². The molecule has 0 unspecified atom stereocenters. The van der Waals surface area contributed by atoms with Gasteiger partial charge in [0.1, 0.15) is 0 Å². The summed E-state index contributed by atoms with van der Waals surface area (Å²) >= 11 is 0. The molecule has 3 amide bonds. The van der Waals surface area contributed by atoms with Crippen LogP contribution in [-0.2, 0) is 9.53 Å². The van der Waals surface area contributed by atoms with Crippen LogP contribution in [0.5, 0.6) is 0 Å². The van der Waals surface area contributed by atoms with Gasteiger partial charge in [0.2, 0.25) is 5.91 Å². The minimum Gasteiger partial charge on any atom is -0.376 e. The zero-order valence-corrected chi connectivity index (χ0v) is 13.3. The Morgan fingerprint density at radius 1 is 1.24 bits per heavy atom. The molecule has 0 saturated carbocycles. The Morgan fingerprint density at radius 3 is 2.62 bits per heavy atom. The molecular formula is C15H27N3O3. The molecule has 0 aliphatic carbocycles. The molecule has 6 nitrogen and oxygen atoms in total. The van der Waals surface area contributed by atoms with E-state index in [1.54, 1.807) is 0 Å². The average Bonchev–Trinajstić information content (AvgIpc) is 3.03. The molecular weight excluding hydrogens is 270 g/mol. The van der Waals surface area contributed by atoms with Gasteiger partial charge in [0.05, 0.1) is 18.7 Å². The molecule has 2 aliphatic heterocycles.